The highest BCUT2D eigenvalue weighted by Crippen LogP contribution is 2.11. The van der Waals surface area contributed by atoms with Crippen LogP contribution in [-0.2, 0) is 13.0 Å². The summed E-state index contributed by atoms with van der Waals surface area (Å²) in [7, 11) is 0. The molecule has 0 radical (unpaired) electrons. The molecular formula is C19H18ClN5O. The van der Waals surface area contributed by atoms with E-state index < -0.39 is 0 Å². The number of halogens is 1. The molecule has 0 unspecified atom stereocenters. The van der Waals surface area contributed by atoms with Crippen LogP contribution in [0.25, 0.3) is 0 Å². The summed E-state index contributed by atoms with van der Waals surface area (Å²) in [5.74, 6) is 0.359. The van der Waals surface area contributed by atoms with E-state index in [-0.39, 0.29) is 5.91 Å². The Kier molecular flexibility index (Phi) is 6.11. The van der Waals surface area contributed by atoms with Crippen LogP contribution in [0.5, 0.6) is 0 Å². The van der Waals surface area contributed by atoms with E-state index in [2.05, 4.69) is 25.6 Å². The molecule has 3 rings (SSSR count). The molecule has 0 aliphatic rings. The fourth-order valence-corrected chi connectivity index (χ4v) is 2.59. The Morgan fingerprint density at radius 1 is 1.04 bits per heavy atom. The summed E-state index contributed by atoms with van der Waals surface area (Å²) in [6.07, 6.45) is 5.56. The molecule has 0 spiro atoms. The standard InChI is InChI=1S/C19H18ClN5O/c20-16-3-1-2-14(10-16)6-9-22-18-11-17(24-13-25-18)19(26)23-12-15-4-7-21-8-5-15/h1-5,7-8,10-11,13H,6,9,12H2,(H,23,26)(H,22,24,25). The summed E-state index contributed by atoms with van der Waals surface area (Å²) >= 11 is 5.98. The van der Waals surface area contributed by atoms with Gasteiger partial charge in [0.05, 0.1) is 0 Å². The average molecular weight is 368 g/mol. The number of rotatable bonds is 7. The minimum atomic E-state index is -0.248. The molecule has 1 aromatic carbocycles. The number of aromatic nitrogens is 3. The van der Waals surface area contributed by atoms with Crippen molar-refractivity contribution in [2.75, 3.05) is 11.9 Å². The highest BCUT2D eigenvalue weighted by molar-refractivity contribution is 6.30. The number of nitrogens with zero attached hydrogens (tertiary/aromatic N) is 3. The second-order valence-electron chi connectivity index (χ2n) is 5.63. The average Bonchev–Trinajstić information content (AvgIpc) is 2.67. The van der Waals surface area contributed by atoms with Crippen molar-refractivity contribution in [3.05, 3.63) is 83.0 Å². The van der Waals surface area contributed by atoms with Crippen molar-refractivity contribution in [1.29, 1.82) is 0 Å². The molecule has 3 aromatic rings. The largest absolute Gasteiger partial charge is 0.370 e. The summed E-state index contributed by atoms with van der Waals surface area (Å²) in [5, 5.41) is 6.75. The highest BCUT2D eigenvalue weighted by atomic mass is 35.5. The van der Waals surface area contributed by atoms with Gasteiger partial charge in [-0.1, -0.05) is 23.7 Å². The summed E-state index contributed by atoms with van der Waals surface area (Å²) in [5.41, 5.74) is 2.43. The van der Waals surface area contributed by atoms with Crippen LogP contribution in [-0.4, -0.2) is 27.4 Å². The van der Waals surface area contributed by atoms with Crippen LogP contribution in [0.1, 0.15) is 21.6 Å². The van der Waals surface area contributed by atoms with Crippen LogP contribution in [0.2, 0.25) is 5.02 Å². The van der Waals surface area contributed by atoms with Gasteiger partial charge in [-0.05, 0) is 41.8 Å². The van der Waals surface area contributed by atoms with Gasteiger partial charge in [0, 0.05) is 36.6 Å². The lowest BCUT2D eigenvalue weighted by atomic mass is 10.1. The summed E-state index contributed by atoms with van der Waals surface area (Å²) in [4.78, 5) is 24.4. The van der Waals surface area contributed by atoms with Gasteiger partial charge >= 0.3 is 0 Å². The van der Waals surface area contributed by atoms with Crippen LogP contribution in [0.15, 0.2) is 61.2 Å². The minimum absolute atomic E-state index is 0.248. The molecule has 0 bridgehead atoms. The highest BCUT2D eigenvalue weighted by Gasteiger charge is 2.08. The predicted molar refractivity (Wildman–Crippen MR) is 101 cm³/mol. The lowest BCUT2D eigenvalue weighted by Gasteiger charge is -2.08. The maximum Gasteiger partial charge on any atom is 0.270 e. The van der Waals surface area contributed by atoms with Gasteiger partial charge in [0.2, 0.25) is 0 Å². The third-order valence-electron chi connectivity index (χ3n) is 3.71. The van der Waals surface area contributed by atoms with E-state index in [9.17, 15) is 4.79 Å². The molecule has 2 N–H and O–H groups in total. The number of benzene rings is 1. The number of carbonyl (C=O) groups is 1. The SMILES string of the molecule is O=C(NCc1ccncc1)c1cc(NCCc2cccc(Cl)c2)ncn1. The zero-order valence-electron chi connectivity index (χ0n) is 14.0. The summed E-state index contributed by atoms with van der Waals surface area (Å²) in [6.45, 7) is 1.10. The Morgan fingerprint density at radius 3 is 2.69 bits per heavy atom. The molecule has 0 aliphatic carbocycles. The topological polar surface area (TPSA) is 79.8 Å². The Balaban J connectivity index is 1.53. The molecule has 7 heteroatoms. The number of nitrogens with one attached hydrogen (secondary N) is 2. The maximum atomic E-state index is 12.2. The molecule has 0 atom stereocenters. The van der Waals surface area contributed by atoms with Gasteiger partial charge in [-0.3, -0.25) is 9.78 Å². The van der Waals surface area contributed by atoms with E-state index in [0.29, 0.717) is 24.6 Å². The van der Waals surface area contributed by atoms with E-state index in [1.165, 1.54) is 6.33 Å². The van der Waals surface area contributed by atoms with Crippen molar-refractivity contribution in [2.24, 2.45) is 0 Å². The van der Waals surface area contributed by atoms with Crippen molar-refractivity contribution in [3.63, 3.8) is 0 Å². The van der Waals surface area contributed by atoms with Crippen molar-refractivity contribution >= 4 is 23.3 Å². The first-order valence-electron chi connectivity index (χ1n) is 8.18. The number of hydrogen-bond acceptors (Lipinski definition) is 5. The second kappa shape index (κ2) is 8.92. The molecule has 0 saturated heterocycles. The maximum absolute atomic E-state index is 12.2. The molecule has 26 heavy (non-hydrogen) atoms. The number of amides is 1. The fourth-order valence-electron chi connectivity index (χ4n) is 2.38. The molecule has 0 fully saturated rings. The summed E-state index contributed by atoms with van der Waals surface area (Å²) in [6, 6.07) is 13.1. The zero-order chi connectivity index (χ0) is 18.2. The van der Waals surface area contributed by atoms with Crippen LogP contribution in [0.3, 0.4) is 0 Å². The quantitative estimate of drug-likeness (QED) is 0.670. The Morgan fingerprint density at radius 2 is 1.88 bits per heavy atom. The van der Waals surface area contributed by atoms with E-state index in [0.717, 1.165) is 22.6 Å². The van der Waals surface area contributed by atoms with Crippen LogP contribution in [0.4, 0.5) is 5.82 Å². The molecular weight excluding hydrogens is 350 g/mol. The number of carbonyl (C=O) groups excluding carboxylic acids is 1. The molecule has 0 saturated carbocycles. The molecule has 2 aromatic heterocycles. The predicted octanol–water partition coefficient (Wildman–Crippen LogP) is 3.11. The normalized spacial score (nSPS) is 10.3. The van der Waals surface area contributed by atoms with Gasteiger partial charge < -0.3 is 10.6 Å². The van der Waals surface area contributed by atoms with Crippen molar-refractivity contribution < 1.29 is 4.79 Å². The van der Waals surface area contributed by atoms with Gasteiger partial charge in [0.25, 0.3) is 5.91 Å². The molecule has 1 amide bonds. The first kappa shape index (κ1) is 17.8. The Labute approximate surface area is 156 Å². The Bertz CT molecular complexity index is 873. The van der Waals surface area contributed by atoms with Gasteiger partial charge in [-0.25, -0.2) is 9.97 Å². The van der Waals surface area contributed by atoms with Crippen molar-refractivity contribution in [1.82, 2.24) is 20.3 Å². The third kappa shape index (κ3) is 5.26. The molecule has 2 heterocycles. The first-order valence-corrected chi connectivity index (χ1v) is 8.56. The van der Waals surface area contributed by atoms with Gasteiger partial charge in [0.15, 0.2) is 0 Å². The molecule has 132 valence electrons. The second-order valence-corrected chi connectivity index (χ2v) is 6.07. The Hall–Kier alpha value is -2.99. The van der Waals surface area contributed by atoms with Crippen LogP contribution < -0.4 is 10.6 Å². The lowest BCUT2D eigenvalue weighted by molar-refractivity contribution is 0.0946. The van der Waals surface area contributed by atoms with Gasteiger partial charge in [-0.15, -0.1) is 0 Å². The molecule has 0 aliphatic heterocycles. The van der Waals surface area contributed by atoms with E-state index in [1.807, 2.05) is 36.4 Å². The van der Waals surface area contributed by atoms with Crippen LogP contribution in [0, 0.1) is 0 Å². The van der Waals surface area contributed by atoms with Crippen LogP contribution >= 0.6 is 11.6 Å². The molecule has 6 nitrogen and oxygen atoms in total. The first-order chi connectivity index (χ1) is 12.7. The van der Waals surface area contributed by atoms with Crippen molar-refractivity contribution in [2.45, 2.75) is 13.0 Å². The minimum Gasteiger partial charge on any atom is -0.370 e. The van der Waals surface area contributed by atoms with Crippen molar-refractivity contribution in [3.8, 4) is 0 Å². The third-order valence-corrected chi connectivity index (χ3v) is 3.95. The van der Waals surface area contributed by atoms with Gasteiger partial charge in [0.1, 0.15) is 17.8 Å². The fraction of sp³-hybridized carbons (Fsp3) is 0.158. The summed E-state index contributed by atoms with van der Waals surface area (Å²) < 4.78 is 0. The number of hydrogen-bond donors (Lipinski definition) is 2. The lowest BCUT2D eigenvalue weighted by Crippen LogP contribution is -2.24. The van der Waals surface area contributed by atoms with E-state index in [1.54, 1.807) is 18.5 Å². The smallest absolute Gasteiger partial charge is 0.270 e. The van der Waals surface area contributed by atoms with E-state index >= 15 is 0 Å². The van der Waals surface area contributed by atoms with Gasteiger partial charge in [-0.2, -0.15) is 0 Å². The monoisotopic (exact) mass is 367 g/mol. The zero-order valence-corrected chi connectivity index (χ0v) is 14.8. The number of anilines is 1. The van der Waals surface area contributed by atoms with E-state index in [4.69, 9.17) is 11.6 Å². The number of pyridine rings is 1.